The van der Waals surface area contributed by atoms with Crippen LogP contribution in [0.25, 0.3) is 5.57 Å². The van der Waals surface area contributed by atoms with Crippen molar-refractivity contribution >= 4 is 50.4 Å². The van der Waals surface area contributed by atoms with Gasteiger partial charge in [0.2, 0.25) is 5.95 Å². The molecule has 3 heterocycles. The molecular formula is C19H15BrClFN4O2S. The zero-order chi connectivity index (χ0) is 20.5. The minimum absolute atomic E-state index is 0.00254. The number of aliphatic hydroxyl groups is 1. The Morgan fingerprint density at radius 3 is 2.83 bits per heavy atom. The number of halogens is 3. The molecule has 1 atom stereocenters. The summed E-state index contributed by atoms with van der Waals surface area (Å²) in [7, 11) is 0. The van der Waals surface area contributed by atoms with Crippen molar-refractivity contribution < 1.29 is 9.50 Å². The maximum atomic E-state index is 13.4. The lowest BCUT2D eigenvalue weighted by molar-refractivity contribution is 0.233. The minimum atomic E-state index is -0.847. The average molecular weight is 498 g/mol. The van der Waals surface area contributed by atoms with E-state index in [9.17, 15) is 14.3 Å². The van der Waals surface area contributed by atoms with Crippen molar-refractivity contribution in [3.63, 3.8) is 0 Å². The fourth-order valence-electron chi connectivity index (χ4n) is 3.09. The van der Waals surface area contributed by atoms with Crippen molar-refractivity contribution in [3.05, 3.63) is 78.3 Å². The predicted molar refractivity (Wildman–Crippen MR) is 115 cm³/mol. The third-order valence-corrected chi connectivity index (χ3v) is 6.43. The van der Waals surface area contributed by atoms with Crippen molar-refractivity contribution in [1.82, 2.24) is 14.5 Å². The lowest BCUT2D eigenvalue weighted by atomic mass is 9.97. The molecule has 4 rings (SSSR count). The number of rotatable bonds is 4. The van der Waals surface area contributed by atoms with E-state index in [-0.39, 0.29) is 17.5 Å². The smallest absolute Gasteiger partial charge is 0.352 e. The van der Waals surface area contributed by atoms with Gasteiger partial charge in [-0.3, -0.25) is 4.57 Å². The SMILES string of the molecule is O=c1nc(N2CC=C(c3ccc(F)c(Cl)c3)[C@@H](O)C2)ncn1Cc1ccc(Br)s1. The Balaban J connectivity index is 1.52. The van der Waals surface area contributed by atoms with Gasteiger partial charge in [-0.15, -0.1) is 11.3 Å². The second-order valence-electron chi connectivity index (χ2n) is 6.48. The molecular weight excluding hydrogens is 483 g/mol. The average Bonchev–Trinajstić information content (AvgIpc) is 3.10. The quantitative estimate of drug-likeness (QED) is 0.597. The maximum Gasteiger partial charge on any atom is 0.352 e. The molecule has 1 aromatic carbocycles. The Hall–Kier alpha value is -2.07. The summed E-state index contributed by atoms with van der Waals surface area (Å²) in [4.78, 5) is 23.4. The molecule has 6 nitrogen and oxygen atoms in total. The number of β-amino-alcohol motifs (C(OH)–C–C–N with tert-alkyl or cyclic N) is 1. The first-order valence-corrected chi connectivity index (χ1v) is 10.7. The van der Waals surface area contributed by atoms with Crippen LogP contribution in [-0.2, 0) is 6.54 Å². The molecule has 3 aromatic rings. The first-order chi connectivity index (χ1) is 13.9. The van der Waals surface area contributed by atoms with Crippen LogP contribution in [0.4, 0.5) is 10.3 Å². The van der Waals surface area contributed by atoms with Gasteiger partial charge in [0, 0.05) is 11.4 Å². The Bertz CT molecular complexity index is 1150. The lowest BCUT2D eigenvalue weighted by Gasteiger charge is -2.30. The summed E-state index contributed by atoms with van der Waals surface area (Å²) in [6, 6.07) is 8.19. The van der Waals surface area contributed by atoms with E-state index < -0.39 is 17.6 Å². The van der Waals surface area contributed by atoms with Crippen LogP contribution in [0.5, 0.6) is 0 Å². The van der Waals surface area contributed by atoms with Crippen molar-refractivity contribution in [2.24, 2.45) is 0 Å². The Morgan fingerprint density at radius 2 is 2.17 bits per heavy atom. The molecule has 0 radical (unpaired) electrons. The van der Waals surface area contributed by atoms with Gasteiger partial charge in [-0.25, -0.2) is 14.2 Å². The van der Waals surface area contributed by atoms with E-state index in [0.717, 1.165) is 8.66 Å². The van der Waals surface area contributed by atoms with Gasteiger partial charge < -0.3 is 10.0 Å². The highest BCUT2D eigenvalue weighted by atomic mass is 79.9. The third-order valence-electron chi connectivity index (χ3n) is 4.53. The summed E-state index contributed by atoms with van der Waals surface area (Å²) in [6.07, 6.45) is 2.42. The summed E-state index contributed by atoms with van der Waals surface area (Å²) in [5.74, 6) is -0.253. The van der Waals surface area contributed by atoms with Gasteiger partial charge >= 0.3 is 5.69 Å². The summed E-state index contributed by atoms with van der Waals surface area (Å²) < 4.78 is 15.8. The Kier molecular flexibility index (Phi) is 5.82. The van der Waals surface area contributed by atoms with E-state index in [1.807, 2.05) is 12.1 Å². The van der Waals surface area contributed by atoms with Gasteiger partial charge in [0.05, 0.1) is 28.0 Å². The highest BCUT2D eigenvalue weighted by Gasteiger charge is 2.24. The van der Waals surface area contributed by atoms with Gasteiger partial charge in [-0.2, -0.15) is 4.98 Å². The van der Waals surface area contributed by atoms with Gasteiger partial charge in [0.25, 0.3) is 0 Å². The highest BCUT2D eigenvalue weighted by molar-refractivity contribution is 9.11. The first kappa shape index (κ1) is 20.2. The minimum Gasteiger partial charge on any atom is -0.387 e. The van der Waals surface area contributed by atoms with Crippen LogP contribution in [0, 0.1) is 5.82 Å². The molecule has 0 saturated carbocycles. The molecule has 0 aliphatic carbocycles. The standard InChI is InChI=1S/C19H15BrClFN4O2S/c20-17-4-2-12(29-17)8-26-10-23-18(24-19(26)28)25-6-5-13(16(27)9-25)11-1-3-15(22)14(21)7-11/h1-5,7,10,16,27H,6,8-9H2/t16-/m0/s1. The molecule has 0 spiro atoms. The number of hydrogen-bond donors (Lipinski definition) is 1. The van der Waals surface area contributed by atoms with E-state index in [1.165, 1.54) is 23.0 Å². The topological polar surface area (TPSA) is 71.2 Å². The van der Waals surface area contributed by atoms with E-state index >= 15 is 0 Å². The van der Waals surface area contributed by atoms with Crippen LogP contribution in [0.3, 0.4) is 0 Å². The second kappa shape index (κ2) is 8.35. The predicted octanol–water partition coefficient (Wildman–Crippen LogP) is 3.57. The molecule has 1 aliphatic rings. The zero-order valence-electron chi connectivity index (χ0n) is 14.9. The van der Waals surface area contributed by atoms with Gasteiger partial charge in [-0.05, 0) is 51.3 Å². The Morgan fingerprint density at radius 1 is 1.34 bits per heavy atom. The number of anilines is 1. The molecule has 1 aliphatic heterocycles. The highest BCUT2D eigenvalue weighted by Crippen LogP contribution is 2.27. The number of nitrogens with zero attached hydrogens (tertiary/aromatic N) is 4. The van der Waals surface area contributed by atoms with Crippen LogP contribution < -0.4 is 10.6 Å². The zero-order valence-corrected chi connectivity index (χ0v) is 18.1. The van der Waals surface area contributed by atoms with Crippen LogP contribution in [0.15, 0.2) is 51.3 Å². The van der Waals surface area contributed by atoms with Crippen molar-refractivity contribution in [2.75, 3.05) is 18.0 Å². The fourth-order valence-corrected chi connectivity index (χ4v) is 4.75. The maximum absolute atomic E-state index is 13.4. The van der Waals surface area contributed by atoms with Gasteiger partial charge in [-0.1, -0.05) is 23.7 Å². The van der Waals surface area contributed by atoms with Crippen molar-refractivity contribution in [3.8, 4) is 0 Å². The monoisotopic (exact) mass is 496 g/mol. The summed E-state index contributed by atoms with van der Waals surface area (Å²) in [6.45, 7) is 1.01. The third kappa shape index (κ3) is 4.42. The van der Waals surface area contributed by atoms with E-state index in [2.05, 4.69) is 25.9 Å². The molecule has 1 N–H and O–H groups in total. The molecule has 2 aromatic heterocycles. The van der Waals surface area contributed by atoms with Gasteiger partial charge in [0.1, 0.15) is 12.1 Å². The number of aliphatic hydroxyl groups excluding tert-OH is 1. The Labute approximate surface area is 183 Å². The van der Waals surface area contributed by atoms with Crippen molar-refractivity contribution in [2.45, 2.75) is 12.6 Å². The molecule has 10 heteroatoms. The number of aromatic nitrogens is 3. The number of hydrogen-bond acceptors (Lipinski definition) is 6. The summed E-state index contributed by atoms with van der Waals surface area (Å²) >= 11 is 10.8. The molecule has 0 fully saturated rings. The van der Waals surface area contributed by atoms with Crippen molar-refractivity contribution in [1.29, 1.82) is 0 Å². The second-order valence-corrected chi connectivity index (χ2v) is 9.44. The fraction of sp³-hybridized carbons (Fsp3) is 0.211. The van der Waals surface area contributed by atoms with Crippen LogP contribution in [-0.4, -0.2) is 38.8 Å². The normalized spacial score (nSPS) is 16.8. The summed E-state index contributed by atoms with van der Waals surface area (Å²) in [5.41, 5.74) is 0.899. The molecule has 0 unspecified atom stereocenters. The molecule has 0 saturated heterocycles. The van der Waals surface area contributed by atoms with Crippen LogP contribution in [0.2, 0.25) is 5.02 Å². The van der Waals surface area contributed by atoms with Crippen LogP contribution >= 0.6 is 38.9 Å². The van der Waals surface area contributed by atoms with E-state index in [0.29, 0.717) is 24.2 Å². The lowest BCUT2D eigenvalue weighted by Crippen LogP contribution is -2.40. The molecule has 0 amide bonds. The van der Waals surface area contributed by atoms with E-state index in [4.69, 9.17) is 11.6 Å². The van der Waals surface area contributed by atoms with E-state index in [1.54, 1.807) is 28.4 Å². The largest absolute Gasteiger partial charge is 0.387 e. The molecule has 29 heavy (non-hydrogen) atoms. The van der Waals surface area contributed by atoms with Gasteiger partial charge in [0.15, 0.2) is 0 Å². The molecule has 150 valence electrons. The molecule has 0 bridgehead atoms. The first-order valence-electron chi connectivity index (χ1n) is 8.67. The number of benzene rings is 1. The van der Waals surface area contributed by atoms with Crippen LogP contribution in [0.1, 0.15) is 10.4 Å². The number of thiophene rings is 1. The summed E-state index contributed by atoms with van der Waals surface area (Å²) in [5, 5.41) is 10.5.